The SMILES string of the molecule is Nc1ccc(-c2ccc(F)cc2F)cc1C(=O)O. The van der Waals surface area contributed by atoms with Crippen LogP contribution >= 0.6 is 0 Å². The van der Waals surface area contributed by atoms with Crippen molar-refractivity contribution in [3.05, 3.63) is 53.6 Å². The molecule has 0 radical (unpaired) electrons. The van der Waals surface area contributed by atoms with Gasteiger partial charge in [-0.1, -0.05) is 6.07 Å². The molecule has 0 spiro atoms. The van der Waals surface area contributed by atoms with Crippen molar-refractivity contribution in [2.45, 2.75) is 0 Å². The van der Waals surface area contributed by atoms with E-state index >= 15 is 0 Å². The zero-order chi connectivity index (χ0) is 13.3. The van der Waals surface area contributed by atoms with Crippen LogP contribution in [0.25, 0.3) is 11.1 Å². The molecule has 0 saturated carbocycles. The smallest absolute Gasteiger partial charge is 0.337 e. The van der Waals surface area contributed by atoms with Crippen molar-refractivity contribution in [3.63, 3.8) is 0 Å². The van der Waals surface area contributed by atoms with Crippen LogP contribution in [0.1, 0.15) is 10.4 Å². The lowest BCUT2D eigenvalue weighted by molar-refractivity contribution is 0.0698. The standard InChI is InChI=1S/C13H9F2NO2/c14-8-2-3-9(11(15)6-8)7-1-4-12(16)10(5-7)13(17)18/h1-6H,16H2,(H,17,18). The van der Waals surface area contributed by atoms with Crippen LogP contribution < -0.4 is 5.73 Å². The summed E-state index contributed by atoms with van der Waals surface area (Å²) in [6.45, 7) is 0. The molecule has 0 aliphatic rings. The van der Waals surface area contributed by atoms with Crippen LogP contribution in [0.2, 0.25) is 0 Å². The molecule has 0 aliphatic heterocycles. The number of rotatable bonds is 2. The number of carboxylic acids is 1. The van der Waals surface area contributed by atoms with Gasteiger partial charge in [-0.25, -0.2) is 13.6 Å². The van der Waals surface area contributed by atoms with Gasteiger partial charge in [-0.05, 0) is 29.8 Å². The van der Waals surface area contributed by atoms with Gasteiger partial charge in [-0.15, -0.1) is 0 Å². The van der Waals surface area contributed by atoms with Gasteiger partial charge in [0.2, 0.25) is 0 Å². The van der Waals surface area contributed by atoms with Crippen molar-refractivity contribution >= 4 is 11.7 Å². The third-order valence-electron chi connectivity index (χ3n) is 2.53. The number of nitrogen functional groups attached to an aromatic ring is 1. The zero-order valence-electron chi connectivity index (χ0n) is 9.15. The van der Waals surface area contributed by atoms with Gasteiger partial charge < -0.3 is 10.8 Å². The highest BCUT2D eigenvalue weighted by molar-refractivity contribution is 5.95. The van der Waals surface area contributed by atoms with Crippen molar-refractivity contribution < 1.29 is 18.7 Å². The average Bonchev–Trinajstić information content (AvgIpc) is 2.30. The molecular formula is C13H9F2NO2. The van der Waals surface area contributed by atoms with Gasteiger partial charge in [0.1, 0.15) is 11.6 Å². The predicted molar refractivity (Wildman–Crippen MR) is 63.2 cm³/mol. The quantitative estimate of drug-likeness (QED) is 0.804. The molecule has 0 fully saturated rings. The molecule has 2 aromatic rings. The summed E-state index contributed by atoms with van der Waals surface area (Å²) >= 11 is 0. The maximum Gasteiger partial charge on any atom is 0.337 e. The van der Waals surface area contributed by atoms with Crippen molar-refractivity contribution in [3.8, 4) is 11.1 Å². The average molecular weight is 249 g/mol. The number of hydrogen-bond donors (Lipinski definition) is 2. The summed E-state index contributed by atoms with van der Waals surface area (Å²) in [5.41, 5.74) is 5.93. The lowest BCUT2D eigenvalue weighted by Gasteiger charge is -2.07. The van der Waals surface area contributed by atoms with Crippen LogP contribution in [0.5, 0.6) is 0 Å². The number of carbonyl (C=O) groups is 1. The second-order valence-corrected chi connectivity index (χ2v) is 3.73. The molecular weight excluding hydrogens is 240 g/mol. The van der Waals surface area contributed by atoms with Crippen molar-refractivity contribution in [2.24, 2.45) is 0 Å². The van der Waals surface area contributed by atoms with Crippen LogP contribution in [0.4, 0.5) is 14.5 Å². The molecule has 2 aromatic carbocycles. The molecule has 3 N–H and O–H groups in total. The normalized spacial score (nSPS) is 10.3. The van der Waals surface area contributed by atoms with E-state index in [2.05, 4.69) is 0 Å². The first-order valence-corrected chi connectivity index (χ1v) is 5.07. The summed E-state index contributed by atoms with van der Waals surface area (Å²) in [6, 6.07) is 7.22. The van der Waals surface area contributed by atoms with Gasteiger partial charge in [0.15, 0.2) is 0 Å². The van der Waals surface area contributed by atoms with Crippen molar-refractivity contribution in [1.82, 2.24) is 0 Å². The maximum absolute atomic E-state index is 13.6. The number of aromatic carboxylic acids is 1. The second kappa shape index (κ2) is 4.44. The minimum Gasteiger partial charge on any atom is -0.478 e. The Morgan fingerprint density at radius 2 is 1.83 bits per heavy atom. The summed E-state index contributed by atoms with van der Waals surface area (Å²) in [7, 11) is 0. The molecule has 3 nitrogen and oxygen atoms in total. The van der Waals surface area contributed by atoms with Crippen LogP contribution in [-0.2, 0) is 0 Å². The highest BCUT2D eigenvalue weighted by Crippen LogP contribution is 2.26. The van der Waals surface area contributed by atoms with Gasteiger partial charge in [0, 0.05) is 17.3 Å². The monoisotopic (exact) mass is 249 g/mol. The van der Waals surface area contributed by atoms with E-state index in [-0.39, 0.29) is 16.8 Å². The Labute approximate surface area is 101 Å². The summed E-state index contributed by atoms with van der Waals surface area (Å²) < 4.78 is 26.3. The molecule has 0 bridgehead atoms. The predicted octanol–water partition coefficient (Wildman–Crippen LogP) is 2.91. The molecule has 92 valence electrons. The van der Waals surface area contributed by atoms with E-state index in [1.54, 1.807) is 0 Å². The third-order valence-corrected chi connectivity index (χ3v) is 2.53. The Morgan fingerprint density at radius 3 is 2.44 bits per heavy atom. The molecule has 5 heteroatoms. The summed E-state index contributed by atoms with van der Waals surface area (Å²) in [4.78, 5) is 10.9. The van der Waals surface area contributed by atoms with Crippen LogP contribution in [0.3, 0.4) is 0 Å². The first kappa shape index (κ1) is 12.0. The Bertz CT molecular complexity index is 626. The van der Waals surface area contributed by atoms with Crippen LogP contribution in [0, 0.1) is 11.6 Å². The van der Waals surface area contributed by atoms with E-state index in [1.807, 2.05) is 0 Å². The van der Waals surface area contributed by atoms with Crippen molar-refractivity contribution in [2.75, 3.05) is 5.73 Å². The van der Waals surface area contributed by atoms with Crippen LogP contribution in [0.15, 0.2) is 36.4 Å². The van der Waals surface area contributed by atoms with Crippen LogP contribution in [-0.4, -0.2) is 11.1 Å². The Hall–Kier alpha value is -2.43. The molecule has 0 aliphatic carbocycles. The van der Waals surface area contributed by atoms with Crippen molar-refractivity contribution in [1.29, 1.82) is 0 Å². The fourth-order valence-corrected chi connectivity index (χ4v) is 1.63. The van der Waals surface area contributed by atoms with E-state index in [1.165, 1.54) is 24.3 Å². The molecule has 18 heavy (non-hydrogen) atoms. The second-order valence-electron chi connectivity index (χ2n) is 3.73. The summed E-state index contributed by atoms with van der Waals surface area (Å²) in [5, 5.41) is 8.92. The number of nitrogens with two attached hydrogens (primary N) is 1. The fraction of sp³-hybridized carbons (Fsp3) is 0. The first-order valence-electron chi connectivity index (χ1n) is 5.07. The number of anilines is 1. The highest BCUT2D eigenvalue weighted by Gasteiger charge is 2.12. The highest BCUT2D eigenvalue weighted by atomic mass is 19.1. The van der Waals surface area contributed by atoms with Gasteiger partial charge in [-0.2, -0.15) is 0 Å². The van der Waals surface area contributed by atoms with E-state index in [4.69, 9.17) is 10.8 Å². The molecule has 0 saturated heterocycles. The van der Waals surface area contributed by atoms with E-state index < -0.39 is 17.6 Å². The van der Waals surface area contributed by atoms with Gasteiger partial charge in [-0.3, -0.25) is 0 Å². The largest absolute Gasteiger partial charge is 0.478 e. The molecule has 2 rings (SSSR count). The molecule has 0 atom stereocenters. The van der Waals surface area contributed by atoms with Gasteiger partial charge in [0.25, 0.3) is 0 Å². The van der Waals surface area contributed by atoms with E-state index in [9.17, 15) is 13.6 Å². The Kier molecular flexibility index (Phi) is 2.97. The number of carboxylic acid groups (broad SMARTS) is 1. The number of halogens is 2. The maximum atomic E-state index is 13.6. The lowest BCUT2D eigenvalue weighted by atomic mass is 10.0. The molecule has 0 unspecified atom stereocenters. The van der Waals surface area contributed by atoms with Gasteiger partial charge >= 0.3 is 5.97 Å². The minimum atomic E-state index is -1.20. The summed E-state index contributed by atoms with van der Waals surface area (Å²) in [6.07, 6.45) is 0. The van der Waals surface area contributed by atoms with E-state index in [0.29, 0.717) is 5.56 Å². The molecule has 0 aromatic heterocycles. The zero-order valence-corrected chi connectivity index (χ0v) is 9.15. The minimum absolute atomic E-state index is 0.0915. The van der Waals surface area contributed by atoms with E-state index in [0.717, 1.165) is 12.1 Å². The Balaban J connectivity index is 2.58. The number of hydrogen-bond acceptors (Lipinski definition) is 2. The Morgan fingerprint density at radius 1 is 1.11 bits per heavy atom. The summed E-state index contributed by atoms with van der Waals surface area (Å²) in [5.74, 6) is -2.64. The third kappa shape index (κ3) is 2.15. The van der Waals surface area contributed by atoms with Gasteiger partial charge in [0.05, 0.1) is 5.56 Å². The lowest BCUT2D eigenvalue weighted by Crippen LogP contribution is -2.02. The molecule has 0 heterocycles. The molecule has 0 amide bonds. The first-order chi connectivity index (χ1) is 8.49. The topological polar surface area (TPSA) is 63.3 Å². The fourth-order valence-electron chi connectivity index (χ4n) is 1.63. The number of benzene rings is 2.